The molecule has 2 atom stereocenters. The first-order chi connectivity index (χ1) is 20.9. The molecule has 2 aliphatic rings. The molecule has 0 unspecified atom stereocenters. The number of carbonyl (C=O) groups is 2. The number of rotatable bonds is 8. The van der Waals surface area contributed by atoms with Gasteiger partial charge in [-0.05, 0) is 69.0 Å². The molecular formula is C32H28Cl2F2N4O4. The smallest absolute Gasteiger partial charge is 0.251 e. The molecule has 0 bridgehead atoms. The van der Waals surface area contributed by atoms with Crippen molar-refractivity contribution in [3.8, 4) is 22.8 Å². The Balaban J connectivity index is 1.38. The van der Waals surface area contributed by atoms with Gasteiger partial charge < -0.3 is 20.5 Å². The maximum absolute atomic E-state index is 14.4. The number of aryl methyl sites for hydroxylation is 1. The van der Waals surface area contributed by atoms with Crippen LogP contribution in [-0.4, -0.2) is 42.0 Å². The molecule has 2 aromatic heterocycles. The summed E-state index contributed by atoms with van der Waals surface area (Å²) in [6.45, 7) is 3.63. The van der Waals surface area contributed by atoms with Crippen LogP contribution in [0.3, 0.4) is 0 Å². The number of fused-ring (bicyclic) bond motifs is 2. The van der Waals surface area contributed by atoms with Crippen molar-refractivity contribution in [3.63, 3.8) is 0 Å². The van der Waals surface area contributed by atoms with Crippen molar-refractivity contribution in [2.45, 2.75) is 38.0 Å². The zero-order valence-electron chi connectivity index (χ0n) is 24.1. The number of hydrogen-bond acceptors (Lipinski definition) is 6. The summed E-state index contributed by atoms with van der Waals surface area (Å²) in [6.07, 6.45) is 1.81. The molecule has 228 valence electrons. The Morgan fingerprint density at radius 3 is 2.55 bits per heavy atom. The lowest BCUT2D eigenvalue weighted by molar-refractivity contribution is -0.123. The molecule has 4 aromatic rings. The minimum Gasteiger partial charge on any atom is -0.494 e. The molecule has 3 N–H and O–H groups in total. The van der Waals surface area contributed by atoms with E-state index in [0.29, 0.717) is 44.2 Å². The molecule has 44 heavy (non-hydrogen) atoms. The molecule has 1 aliphatic heterocycles. The van der Waals surface area contributed by atoms with Gasteiger partial charge in [-0.25, -0.2) is 18.7 Å². The third-order valence-corrected chi connectivity index (χ3v) is 9.10. The molecule has 1 saturated carbocycles. The van der Waals surface area contributed by atoms with Crippen LogP contribution in [0.1, 0.15) is 53.0 Å². The van der Waals surface area contributed by atoms with E-state index in [0.717, 1.165) is 18.9 Å². The molecule has 3 heterocycles. The number of nitrogens with two attached hydrogens (primary N) is 1. The fourth-order valence-corrected chi connectivity index (χ4v) is 5.98. The Morgan fingerprint density at radius 1 is 1.14 bits per heavy atom. The van der Waals surface area contributed by atoms with Gasteiger partial charge in [-0.2, -0.15) is 0 Å². The van der Waals surface area contributed by atoms with E-state index in [4.69, 9.17) is 43.4 Å². The molecule has 0 spiro atoms. The second kappa shape index (κ2) is 11.2. The maximum Gasteiger partial charge on any atom is 0.251 e. The number of benzene rings is 2. The molecule has 1 fully saturated rings. The van der Waals surface area contributed by atoms with Crippen molar-refractivity contribution in [1.29, 1.82) is 0 Å². The van der Waals surface area contributed by atoms with Crippen molar-refractivity contribution in [3.05, 3.63) is 80.6 Å². The molecule has 0 radical (unpaired) electrons. The number of nitrogens with one attached hydrogen (secondary N) is 1. The zero-order valence-corrected chi connectivity index (χ0v) is 25.6. The first kappa shape index (κ1) is 30.0. The lowest BCUT2D eigenvalue weighted by atomic mass is 9.82. The van der Waals surface area contributed by atoms with E-state index in [2.05, 4.69) is 10.3 Å². The van der Waals surface area contributed by atoms with Crippen LogP contribution in [0.2, 0.25) is 10.0 Å². The highest BCUT2D eigenvalue weighted by Gasteiger charge is 2.45. The third-order valence-electron chi connectivity index (χ3n) is 8.44. The molecular weight excluding hydrogens is 613 g/mol. The second-order valence-electron chi connectivity index (χ2n) is 11.5. The van der Waals surface area contributed by atoms with Crippen molar-refractivity contribution >= 4 is 45.9 Å². The van der Waals surface area contributed by atoms with E-state index in [1.165, 1.54) is 13.2 Å². The van der Waals surface area contributed by atoms with Crippen molar-refractivity contribution in [1.82, 2.24) is 15.3 Å². The highest BCUT2D eigenvalue weighted by atomic mass is 35.5. The number of carbonyl (C=O) groups excluding carboxylic acids is 2. The number of methoxy groups -OCH3 is 1. The van der Waals surface area contributed by atoms with Gasteiger partial charge in [0, 0.05) is 40.2 Å². The number of nitrogens with zero attached hydrogens (tertiary/aromatic N) is 2. The van der Waals surface area contributed by atoms with Gasteiger partial charge in [0.15, 0.2) is 11.6 Å². The summed E-state index contributed by atoms with van der Waals surface area (Å²) in [5.41, 5.74) is 7.65. The van der Waals surface area contributed by atoms with Gasteiger partial charge in [0.05, 0.1) is 22.8 Å². The Hall–Kier alpha value is -4.02. The largest absolute Gasteiger partial charge is 0.494 e. The highest BCUT2D eigenvalue weighted by molar-refractivity contribution is 6.32. The molecule has 12 heteroatoms. The zero-order chi connectivity index (χ0) is 31.5. The Kier molecular flexibility index (Phi) is 7.62. The average molecular weight is 642 g/mol. The predicted octanol–water partition coefficient (Wildman–Crippen LogP) is 6.26. The molecule has 0 saturated heterocycles. The average Bonchev–Trinajstić information content (AvgIpc) is 3.77. The number of primary amides is 1. The summed E-state index contributed by atoms with van der Waals surface area (Å²) in [6, 6.07) is 9.08. The highest BCUT2D eigenvalue weighted by Crippen LogP contribution is 2.48. The van der Waals surface area contributed by atoms with Crippen LogP contribution in [0.15, 0.2) is 36.4 Å². The first-order valence-electron chi connectivity index (χ1n) is 14.0. The van der Waals surface area contributed by atoms with Gasteiger partial charge in [0.1, 0.15) is 34.7 Å². The second-order valence-corrected chi connectivity index (χ2v) is 12.3. The van der Waals surface area contributed by atoms with Gasteiger partial charge in [0.25, 0.3) is 5.91 Å². The molecule has 8 nitrogen and oxygen atoms in total. The van der Waals surface area contributed by atoms with E-state index in [1.807, 2.05) is 0 Å². The summed E-state index contributed by atoms with van der Waals surface area (Å²) in [5, 5.41) is 3.73. The van der Waals surface area contributed by atoms with Crippen molar-refractivity contribution in [2.24, 2.45) is 11.7 Å². The summed E-state index contributed by atoms with van der Waals surface area (Å²) < 4.78 is 39.9. The molecule has 2 amide bonds. The fourth-order valence-electron chi connectivity index (χ4n) is 5.61. The van der Waals surface area contributed by atoms with Crippen LogP contribution < -0.4 is 20.5 Å². The Morgan fingerprint density at radius 2 is 1.89 bits per heavy atom. The lowest BCUT2D eigenvalue weighted by Gasteiger charge is -2.22. The van der Waals surface area contributed by atoms with Crippen LogP contribution in [0, 0.1) is 24.5 Å². The Bertz CT molecular complexity index is 1840. The molecule has 6 rings (SSSR count). The van der Waals surface area contributed by atoms with E-state index >= 15 is 0 Å². The van der Waals surface area contributed by atoms with Crippen molar-refractivity contribution < 1.29 is 27.8 Å². The maximum atomic E-state index is 14.4. The van der Waals surface area contributed by atoms with Crippen LogP contribution in [0.25, 0.3) is 22.2 Å². The normalized spacial score (nSPS) is 18.1. The van der Waals surface area contributed by atoms with Gasteiger partial charge in [-0.1, -0.05) is 23.2 Å². The monoisotopic (exact) mass is 640 g/mol. The fraction of sp³-hybridized carbons (Fsp3) is 0.312. The quantitative estimate of drug-likeness (QED) is 0.220. The number of aromatic nitrogens is 2. The minimum absolute atomic E-state index is 0.0414. The van der Waals surface area contributed by atoms with E-state index in [9.17, 15) is 18.4 Å². The number of halogens is 4. The topological polar surface area (TPSA) is 116 Å². The standard InChI is InChI=1S/C32H28Cl2F2N4O4/c1-14-21(33)7-16-6-18(10-25(43-3)27(16)39-14)30(41)38-12-19(15-4-5-15)24-11-20-29(44-13-32(20,2)31(37)42)28(40-24)17-8-22(34)26(36)23(35)9-17/h6-11,15,19H,4-5,12-13H2,1-3H3,(H2,37,42)(H,38,41)/t19-,32-/m0/s1. The summed E-state index contributed by atoms with van der Waals surface area (Å²) in [5.74, 6) is -2.64. The lowest BCUT2D eigenvalue weighted by Crippen LogP contribution is -2.40. The number of amides is 2. The van der Waals surface area contributed by atoms with Crippen molar-refractivity contribution in [2.75, 3.05) is 20.3 Å². The van der Waals surface area contributed by atoms with E-state index in [-0.39, 0.29) is 47.9 Å². The van der Waals surface area contributed by atoms with Gasteiger partial charge >= 0.3 is 0 Å². The van der Waals surface area contributed by atoms with Gasteiger partial charge in [-0.15, -0.1) is 0 Å². The van der Waals surface area contributed by atoms with Crippen LogP contribution in [-0.2, 0) is 10.2 Å². The number of pyridine rings is 2. The first-order valence-corrected chi connectivity index (χ1v) is 14.7. The third kappa shape index (κ3) is 5.20. The predicted molar refractivity (Wildman–Crippen MR) is 162 cm³/mol. The minimum atomic E-state index is -1.18. The molecule has 1 aliphatic carbocycles. The summed E-state index contributed by atoms with van der Waals surface area (Å²) in [7, 11) is 1.51. The number of hydrogen-bond donors (Lipinski definition) is 2. The van der Waals surface area contributed by atoms with E-state index in [1.54, 1.807) is 38.1 Å². The van der Waals surface area contributed by atoms with E-state index < -0.39 is 28.0 Å². The summed E-state index contributed by atoms with van der Waals surface area (Å²) >= 11 is 12.3. The van der Waals surface area contributed by atoms with Gasteiger partial charge in [-0.3, -0.25) is 9.59 Å². The molecule has 2 aromatic carbocycles. The Labute approximate surface area is 261 Å². The van der Waals surface area contributed by atoms with Crippen LogP contribution >= 0.6 is 23.2 Å². The van der Waals surface area contributed by atoms with Gasteiger partial charge in [0.2, 0.25) is 5.91 Å². The summed E-state index contributed by atoms with van der Waals surface area (Å²) in [4.78, 5) is 35.4. The number of ether oxygens (including phenoxy) is 2. The van der Waals surface area contributed by atoms with Crippen LogP contribution in [0.5, 0.6) is 11.5 Å². The van der Waals surface area contributed by atoms with Crippen LogP contribution in [0.4, 0.5) is 8.78 Å². The SMILES string of the molecule is COc1cc(C(=O)NC[C@H](c2cc3c(c(-c4cc(F)c(F)c(Cl)c4)n2)OC[C@]3(C)C(N)=O)C2CC2)cc2cc(Cl)c(C)nc12.